The number of carbonyl (C=O) groups excluding carboxylic acids is 2. The van der Waals surface area contributed by atoms with Gasteiger partial charge in [0.05, 0.1) is 13.2 Å². The molecule has 1 rings (SSSR count). The van der Waals surface area contributed by atoms with Gasteiger partial charge in [0.1, 0.15) is 0 Å². The molecule has 1 saturated heterocycles. The molecule has 0 aromatic rings. The Morgan fingerprint density at radius 3 is 2.76 bits per heavy atom. The van der Waals surface area contributed by atoms with Gasteiger partial charge in [0.25, 0.3) is 0 Å². The fourth-order valence-corrected chi connectivity index (χ4v) is 1.49. The number of hydrogen-bond donors (Lipinski definition) is 2. The lowest BCUT2D eigenvalue weighted by atomic mass is 10.1. The van der Waals surface area contributed by atoms with Gasteiger partial charge in [-0.3, -0.25) is 9.69 Å². The van der Waals surface area contributed by atoms with E-state index in [4.69, 9.17) is 10.5 Å². The summed E-state index contributed by atoms with van der Waals surface area (Å²) in [6.45, 7) is 2.17. The van der Waals surface area contributed by atoms with Gasteiger partial charge in [-0.05, 0) is 31.4 Å². The molecule has 3 amide bonds. The molecular weight excluding hydrogens is 222 g/mol. The lowest BCUT2D eigenvalue weighted by Crippen LogP contribution is -2.38. The highest BCUT2D eigenvalue weighted by Gasteiger charge is 2.11. The van der Waals surface area contributed by atoms with E-state index in [1.807, 2.05) is 0 Å². The number of amides is 3. The van der Waals surface area contributed by atoms with Gasteiger partial charge >= 0.3 is 6.03 Å². The minimum absolute atomic E-state index is 0.345. The van der Waals surface area contributed by atoms with E-state index >= 15 is 0 Å². The van der Waals surface area contributed by atoms with E-state index in [-0.39, 0.29) is 0 Å². The van der Waals surface area contributed by atoms with Gasteiger partial charge in [-0.2, -0.15) is 0 Å². The quantitative estimate of drug-likeness (QED) is 0.673. The Kier molecular flexibility index (Phi) is 6.27. The molecule has 1 fully saturated rings. The Hall–Kier alpha value is -1.40. The lowest BCUT2D eigenvalue weighted by molar-refractivity contribution is -0.115. The Balaban J connectivity index is 2.37. The molecule has 0 spiro atoms. The van der Waals surface area contributed by atoms with Gasteiger partial charge in [-0.25, -0.2) is 4.79 Å². The average molecular weight is 241 g/mol. The predicted molar refractivity (Wildman–Crippen MR) is 63.1 cm³/mol. The lowest BCUT2D eigenvalue weighted by Gasteiger charge is -2.17. The Labute approximate surface area is 101 Å². The third-order valence-corrected chi connectivity index (χ3v) is 2.53. The van der Waals surface area contributed by atoms with Crippen molar-refractivity contribution in [3.63, 3.8) is 0 Å². The molecule has 17 heavy (non-hydrogen) atoms. The van der Waals surface area contributed by atoms with E-state index in [9.17, 15) is 9.59 Å². The number of nitrogens with zero attached hydrogens (tertiary/aromatic N) is 1. The summed E-state index contributed by atoms with van der Waals surface area (Å²) in [5, 5.41) is 2.61. The number of nitrogens with two attached hydrogens (primary N) is 1. The van der Waals surface area contributed by atoms with Crippen molar-refractivity contribution in [3.05, 3.63) is 11.8 Å². The Bertz CT molecular complexity index is 284. The Morgan fingerprint density at radius 1 is 1.47 bits per heavy atom. The second-order valence-corrected chi connectivity index (χ2v) is 3.81. The fourth-order valence-electron chi connectivity index (χ4n) is 1.49. The first-order valence-corrected chi connectivity index (χ1v) is 5.76. The van der Waals surface area contributed by atoms with Gasteiger partial charge in [0, 0.05) is 12.7 Å². The van der Waals surface area contributed by atoms with Crippen LogP contribution in [-0.4, -0.2) is 43.6 Å². The number of imide groups is 1. The minimum Gasteiger partial charge on any atom is -0.381 e. The van der Waals surface area contributed by atoms with Crippen molar-refractivity contribution < 1.29 is 14.3 Å². The first-order valence-electron chi connectivity index (χ1n) is 5.76. The van der Waals surface area contributed by atoms with E-state index in [2.05, 4.69) is 5.32 Å². The van der Waals surface area contributed by atoms with Gasteiger partial charge < -0.3 is 15.8 Å². The van der Waals surface area contributed by atoms with Crippen LogP contribution in [0.2, 0.25) is 0 Å². The highest BCUT2D eigenvalue weighted by atomic mass is 16.5. The van der Waals surface area contributed by atoms with Crippen LogP contribution < -0.4 is 11.1 Å². The van der Waals surface area contributed by atoms with Crippen LogP contribution in [0, 0.1) is 0 Å². The van der Waals surface area contributed by atoms with Gasteiger partial charge in [0.15, 0.2) is 0 Å². The SMILES string of the molecule is NCCCN(C=O)C(=O)NC=C1CCOCC1. The predicted octanol–water partition coefficient (Wildman–Crippen LogP) is 0.197. The molecule has 0 aromatic heterocycles. The fraction of sp³-hybridized carbons (Fsp3) is 0.636. The summed E-state index contributed by atoms with van der Waals surface area (Å²) < 4.78 is 5.19. The van der Waals surface area contributed by atoms with Crippen LogP contribution in [0.4, 0.5) is 4.79 Å². The van der Waals surface area contributed by atoms with Crippen molar-refractivity contribution in [2.75, 3.05) is 26.3 Å². The third-order valence-electron chi connectivity index (χ3n) is 2.53. The van der Waals surface area contributed by atoms with Crippen LogP contribution in [0.25, 0.3) is 0 Å². The molecule has 0 radical (unpaired) electrons. The van der Waals surface area contributed by atoms with Crippen molar-refractivity contribution in [1.82, 2.24) is 10.2 Å². The zero-order valence-electron chi connectivity index (χ0n) is 9.85. The van der Waals surface area contributed by atoms with Crippen LogP contribution in [0.1, 0.15) is 19.3 Å². The first-order chi connectivity index (χ1) is 8.27. The van der Waals surface area contributed by atoms with Gasteiger partial charge in [-0.15, -0.1) is 0 Å². The number of carbonyl (C=O) groups is 2. The largest absolute Gasteiger partial charge is 0.381 e. The summed E-state index contributed by atoms with van der Waals surface area (Å²) in [6, 6.07) is -0.410. The molecule has 1 aliphatic heterocycles. The second kappa shape index (κ2) is 7.81. The molecule has 1 aliphatic rings. The highest BCUT2D eigenvalue weighted by Crippen LogP contribution is 2.11. The van der Waals surface area contributed by atoms with Gasteiger partial charge in [0.2, 0.25) is 6.41 Å². The number of ether oxygens (including phenoxy) is 1. The van der Waals surface area contributed by atoms with Crippen LogP contribution in [0.5, 0.6) is 0 Å². The Morgan fingerprint density at radius 2 is 2.18 bits per heavy atom. The summed E-state index contributed by atoms with van der Waals surface area (Å²) in [6.07, 6.45) is 4.45. The standard InChI is InChI=1S/C11H19N3O3/c12-4-1-5-14(9-15)11(16)13-8-10-2-6-17-7-3-10/h8-9H,1-7,12H2,(H,13,16). The van der Waals surface area contributed by atoms with Crippen molar-refractivity contribution >= 4 is 12.4 Å². The molecule has 1 heterocycles. The van der Waals surface area contributed by atoms with Crippen molar-refractivity contribution in [3.8, 4) is 0 Å². The van der Waals surface area contributed by atoms with Gasteiger partial charge in [-0.1, -0.05) is 0 Å². The second-order valence-electron chi connectivity index (χ2n) is 3.81. The maximum atomic E-state index is 11.6. The van der Waals surface area contributed by atoms with E-state index < -0.39 is 6.03 Å². The summed E-state index contributed by atoms with van der Waals surface area (Å²) in [4.78, 5) is 23.4. The zero-order valence-corrected chi connectivity index (χ0v) is 9.85. The maximum absolute atomic E-state index is 11.6. The topological polar surface area (TPSA) is 84.7 Å². The number of rotatable bonds is 5. The molecule has 0 saturated carbocycles. The average Bonchev–Trinajstić information content (AvgIpc) is 2.38. The van der Waals surface area contributed by atoms with Crippen LogP contribution >= 0.6 is 0 Å². The first kappa shape index (κ1) is 13.7. The summed E-state index contributed by atoms with van der Waals surface area (Å²) in [5.74, 6) is 0. The van der Waals surface area contributed by atoms with Crippen LogP contribution in [-0.2, 0) is 9.53 Å². The maximum Gasteiger partial charge on any atom is 0.327 e. The van der Waals surface area contributed by atoms with E-state index in [1.54, 1.807) is 6.20 Å². The monoisotopic (exact) mass is 241 g/mol. The smallest absolute Gasteiger partial charge is 0.327 e. The van der Waals surface area contributed by atoms with Crippen LogP contribution in [0.15, 0.2) is 11.8 Å². The summed E-state index contributed by atoms with van der Waals surface area (Å²) in [5.41, 5.74) is 6.46. The third kappa shape index (κ3) is 4.97. The number of hydrogen-bond acceptors (Lipinski definition) is 4. The molecule has 3 N–H and O–H groups in total. The molecule has 96 valence electrons. The van der Waals surface area contributed by atoms with Crippen molar-refractivity contribution in [2.45, 2.75) is 19.3 Å². The minimum atomic E-state index is -0.410. The summed E-state index contributed by atoms with van der Waals surface area (Å²) in [7, 11) is 0. The molecular formula is C11H19N3O3. The number of nitrogens with one attached hydrogen (secondary N) is 1. The van der Waals surface area contributed by atoms with Crippen LogP contribution in [0.3, 0.4) is 0 Å². The molecule has 0 bridgehead atoms. The van der Waals surface area contributed by atoms with Crippen molar-refractivity contribution in [1.29, 1.82) is 0 Å². The van der Waals surface area contributed by atoms with Crippen molar-refractivity contribution in [2.24, 2.45) is 5.73 Å². The molecule has 0 aliphatic carbocycles. The van der Waals surface area contributed by atoms with E-state index in [1.165, 1.54) is 0 Å². The molecule has 0 aromatic carbocycles. The molecule has 0 unspecified atom stereocenters. The van der Waals surface area contributed by atoms with E-state index in [0.29, 0.717) is 39.1 Å². The van der Waals surface area contributed by atoms with E-state index in [0.717, 1.165) is 23.3 Å². The normalized spacial score (nSPS) is 15.2. The number of urea groups is 1. The molecule has 6 nitrogen and oxygen atoms in total. The summed E-state index contributed by atoms with van der Waals surface area (Å²) >= 11 is 0. The zero-order chi connectivity index (χ0) is 12.5. The highest BCUT2D eigenvalue weighted by molar-refractivity contribution is 5.85. The molecule has 6 heteroatoms. The molecule has 0 atom stereocenters.